The quantitative estimate of drug-likeness (QED) is 0.167. The Kier molecular flexibility index (Phi) is 8.13. The van der Waals surface area contributed by atoms with Crippen molar-refractivity contribution in [1.82, 2.24) is 0 Å². The Labute approximate surface area is 372 Å². The molecule has 0 bridgehead atoms. The van der Waals surface area contributed by atoms with E-state index in [-0.39, 0.29) is 0 Å². The SMILES string of the molecule is c1ccc(-c2cccc(N(c3ccc(-c4ccccc4)cc3-c3ccccc3)c3cccc4c3Oc3ccc5c(c3O4)-c3ccccc3C53c4ccccc4-c4ccccc43)c2)cc1. The number of ether oxygens (including phenoxy) is 2. The molecule has 10 aromatic rings. The first-order valence-corrected chi connectivity index (χ1v) is 21.9. The van der Waals surface area contributed by atoms with Crippen LogP contribution in [0.4, 0.5) is 17.1 Å². The largest absolute Gasteiger partial charge is 0.449 e. The Hall–Kier alpha value is -8.40. The van der Waals surface area contributed by atoms with Crippen molar-refractivity contribution in [3.05, 3.63) is 259 Å². The Morgan fingerprint density at radius 1 is 0.297 bits per heavy atom. The van der Waals surface area contributed by atoms with Crippen molar-refractivity contribution in [3.63, 3.8) is 0 Å². The van der Waals surface area contributed by atoms with E-state index >= 15 is 0 Å². The summed E-state index contributed by atoms with van der Waals surface area (Å²) >= 11 is 0. The van der Waals surface area contributed by atoms with Crippen molar-refractivity contribution in [2.45, 2.75) is 5.41 Å². The van der Waals surface area contributed by atoms with Gasteiger partial charge in [-0.1, -0.05) is 194 Å². The molecule has 300 valence electrons. The molecule has 0 saturated heterocycles. The van der Waals surface area contributed by atoms with Crippen LogP contribution >= 0.6 is 0 Å². The van der Waals surface area contributed by atoms with E-state index in [4.69, 9.17) is 9.47 Å². The monoisotopic (exact) mass is 817 g/mol. The fraction of sp³-hybridized carbons (Fsp3) is 0.0164. The zero-order valence-electron chi connectivity index (χ0n) is 34.8. The predicted octanol–water partition coefficient (Wildman–Crippen LogP) is 16.4. The van der Waals surface area contributed by atoms with Gasteiger partial charge in [-0.25, -0.2) is 0 Å². The first-order valence-electron chi connectivity index (χ1n) is 21.9. The summed E-state index contributed by atoms with van der Waals surface area (Å²) in [6, 6.07) is 84.7. The second-order valence-electron chi connectivity index (χ2n) is 16.7. The number of para-hydroxylation sites is 1. The maximum absolute atomic E-state index is 7.25. The van der Waals surface area contributed by atoms with Gasteiger partial charge in [0.05, 0.1) is 16.8 Å². The van der Waals surface area contributed by atoms with Crippen LogP contribution in [0.2, 0.25) is 0 Å². The van der Waals surface area contributed by atoms with Crippen molar-refractivity contribution >= 4 is 17.1 Å². The number of benzene rings is 10. The third-order valence-corrected chi connectivity index (χ3v) is 13.3. The average molecular weight is 818 g/mol. The van der Waals surface area contributed by atoms with Gasteiger partial charge >= 0.3 is 0 Å². The zero-order chi connectivity index (χ0) is 42.2. The highest BCUT2D eigenvalue weighted by Crippen LogP contribution is 2.67. The summed E-state index contributed by atoms with van der Waals surface area (Å²) in [5.41, 5.74) is 19.0. The van der Waals surface area contributed by atoms with E-state index in [1.807, 2.05) is 6.07 Å². The third-order valence-electron chi connectivity index (χ3n) is 13.3. The van der Waals surface area contributed by atoms with Gasteiger partial charge in [-0.2, -0.15) is 0 Å². The lowest BCUT2D eigenvalue weighted by Crippen LogP contribution is -2.25. The van der Waals surface area contributed by atoms with Crippen LogP contribution in [0.1, 0.15) is 22.3 Å². The van der Waals surface area contributed by atoms with Gasteiger partial charge in [0.2, 0.25) is 0 Å². The Morgan fingerprint density at radius 2 is 0.812 bits per heavy atom. The maximum atomic E-state index is 7.25. The number of anilines is 3. The number of nitrogens with zero attached hydrogens (tertiary/aromatic N) is 1. The predicted molar refractivity (Wildman–Crippen MR) is 260 cm³/mol. The van der Waals surface area contributed by atoms with E-state index in [0.29, 0.717) is 17.2 Å². The molecule has 0 aromatic heterocycles. The standard InChI is InChI=1S/C61H39NO2/c1-4-18-40(19-5-1)43-24-16-25-45(38-43)62(54-36-34-44(41-20-6-2-7-21-41)39-49(54)42-22-8-3-9-23-42)55-32-17-33-56-59(55)63-57-37-35-53-58(60(57)64-56)48-28-12-15-31-52(48)61(53)50-29-13-10-26-46(50)47-27-11-14-30-51(47)61/h1-39H. The van der Waals surface area contributed by atoms with Gasteiger partial charge < -0.3 is 14.4 Å². The highest BCUT2D eigenvalue weighted by Gasteiger charge is 2.53. The van der Waals surface area contributed by atoms with Crippen LogP contribution in [0.3, 0.4) is 0 Å². The minimum Gasteiger partial charge on any atom is -0.449 e. The first-order chi connectivity index (χ1) is 31.8. The van der Waals surface area contributed by atoms with Gasteiger partial charge in [0.1, 0.15) is 0 Å². The van der Waals surface area contributed by atoms with Crippen molar-refractivity contribution in [3.8, 4) is 78.6 Å². The minimum absolute atomic E-state index is 0.486. The number of rotatable bonds is 6. The molecule has 0 radical (unpaired) electrons. The molecular weight excluding hydrogens is 779 g/mol. The zero-order valence-corrected chi connectivity index (χ0v) is 34.8. The number of hydrogen-bond donors (Lipinski definition) is 0. The minimum atomic E-state index is -0.486. The summed E-state index contributed by atoms with van der Waals surface area (Å²) in [4.78, 5) is 2.33. The van der Waals surface area contributed by atoms with Crippen LogP contribution in [0, 0.1) is 0 Å². The highest BCUT2D eigenvalue weighted by atomic mass is 16.6. The molecule has 13 rings (SSSR count). The second-order valence-corrected chi connectivity index (χ2v) is 16.7. The van der Waals surface area contributed by atoms with Gasteiger partial charge in [-0.05, 0) is 109 Å². The summed E-state index contributed by atoms with van der Waals surface area (Å²) in [5, 5.41) is 0. The molecule has 0 N–H and O–H groups in total. The molecule has 0 saturated carbocycles. The molecule has 0 atom stereocenters. The van der Waals surface area contributed by atoms with Gasteiger partial charge in [0, 0.05) is 16.8 Å². The lowest BCUT2D eigenvalue weighted by molar-refractivity contribution is 0.361. The molecular formula is C61H39NO2. The molecule has 0 fully saturated rings. The van der Waals surface area contributed by atoms with Crippen LogP contribution < -0.4 is 14.4 Å². The molecule has 64 heavy (non-hydrogen) atoms. The van der Waals surface area contributed by atoms with Crippen LogP contribution in [0.25, 0.3) is 55.6 Å². The normalized spacial score (nSPS) is 13.1. The molecule has 10 aromatic carbocycles. The van der Waals surface area contributed by atoms with Gasteiger partial charge in [0.25, 0.3) is 0 Å². The lowest BCUT2D eigenvalue weighted by Gasteiger charge is -2.33. The van der Waals surface area contributed by atoms with E-state index in [2.05, 4.69) is 235 Å². The molecule has 3 heteroatoms. The first kappa shape index (κ1) is 36.3. The molecule has 2 aliphatic carbocycles. The topological polar surface area (TPSA) is 21.7 Å². The van der Waals surface area contributed by atoms with E-state index in [9.17, 15) is 0 Å². The summed E-state index contributed by atoms with van der Waals surface area (Å²) < 4.78 is 14.5. The van der Waals surface area contributed by atoms with Crippen molar-refractivity contribution < 1.29 is 9.47 Å². The summed E-state index contributed by atoms with van der Waals surface area (Å²) in [5.74, 6) is 2.74. The molecule has 0 unspecified atom stereocenters. The van der Waals surface area contributed by atoms with Crippen LogP contribution in [0.15, 0.2) is 237 Å². The average Bonchev–Trinajstić information content (AvgIpc) is 3.85. The van der Waals surface area contributed by atoms with Crippen LogP contribution in [0.5, 0.6) is 23.0 Å². The van der Waals surface area contributed by atoms with Crippen LogP contribution in [-0.4, -0.2) is 0 Å². The fourth-order valence-electron chi connectivity index (χ4n) is 10.7. The molecule has 1 spiro atoms. The molecule has 0 amide bonds. The Balaban J connectivity index is 1.01. The molecule has 1 heterocycles. The Bertz CT molecular complexity index is 3400. The molecule has 3 aliphatic rings. The molecule has 1 aliphatic heterocycles. The second kappa shape index (κ2) is 14.3. The van der Waals surface area contributed by atoms with Crippen molar-refractivity contribution in [1.29, 1.82) is 0 Å². The summed E-state index contributed by atoms with van der Waals surface area (Å²) in [6.07, 6.45) is 0. The van der Waals surface area contributed by atoms with Gasteiger partial charge in [-0.15, -0.1) is 0 Å². The molecule has 3 nitrogen and oxygen atoms in total. The van der Waals surface area contributed by atoms with E-state index in [1.165, 1.54) is 33.4 Å². The number of hydrogen-bond acceptors (Lipinski definition) is 3. The van der Waals surface area contributed by atoms with E-state index in [1.54, 1.807) is 0 Å². The smallest absolute Gasteiger partial charge is 0.194 e. The lowest BCUT2D eigenvalue weighted by atomic mass is 9.70. The van der Waals surface area contributed by atoms with Gasteiger partial charge in [0.15, 0.2) is 23.0 Å². The highest BCUT2D eigenvalue weighted by molar-refractivity contribution is 5.99. The Morgan fingerprint density at radius 3 is 1.48 bits per heavy atom. The van der Waals surface area contributed by atoms with Crippen molar-refractivity contribution in [2.75, 3.05) is 4.90 Å². The van der Waals surface area contributed by atoms with Crippen LogP contribution in [-0.2, 0) is 5.41 Å². The summed E-state index contributed by atoms with van der Waals surface area (Å²) in [7, 11) is 0. The number of fused-ring (bicyclic) bond motifs is 13. The van der Waals surface area contributed by atoms with E-state index in [0.717, 1.165) is 67.3 Å². The third kappa shape index (κ3) is 5.34. The van der Waals surface area contributed by atoms with E-state index < -0.39 is 5.41 Å². The maximum Gasteiger partial charge on any atom is 0.194 e. The summed E-state index contributed by atoms with van der Waals surface area (Å²) in [6.45, 7) is 0. The fourth-order valence-corrected chi connectivity index (χ4v) is 10.7. The van der Waals surface area contributed by atoms with Crippen molar-refractivity contribution in [2.24, 2.45) is 0 Å². The van der Waals surface area contributed by atoms with Gasteiger partial charge in [-0.3, -0.25) is 0 Å².